The monoisotopic (exact) mass is 238 g/mol. The Balaban J connectivity index is 2.10. The molecular formula is C11H14N2O2S. The first kappa shape index (κ1) is 11.3. The van der Waals surface area contributed by atoms with E-state index < -0.39 is 10.8 Å². The highest BCUT2D eigenvalue weighted by Crippen LogP contribution is 2.07. The topological polar surface area (TPSA) is 50.3 Å². The van der Waals surface area contributed by atoms with Gasteiger partial charge in [-0.2, -0.15) is 0 Å². The molecule has 86 valence electrons. The van der Waals surface area contributed by atoms with Crippen LogP contribution >= 0.6 is 0 Å². The van der Waals surface area contributed by atoms with Crippen LogP contribution in [0.25, 0.3) is 0 Å². The number of aryl methyl sites for hydroxylation is 1. The predicted octanol–water partition coefficient (Wildman–Crippen LogP) is 0.595. The molecule has 16 heavy (non-hydrogen) atoms. The van der Waals surface area contributed by atoms with Crippen molar-refractivity contribution in [3.05, 3.63) is 29.6 Å². The van der Waals surface area contributed by atoms with Crippen LogP contribution in [-0.4, -0.2) is 44.6 Å². The molecule has 1 amide bonds. The van der Waals surface area contributed by atoms with Crippen LogP contribution in [0.2, 0.25) is 0 Å². The molecule has 0 radical (unpaired) electrons. The Morgan fingerprint density at radius 3 is 2.69 bits per heavy atom. The minimum Gasteiger partial charge on any atom is -0.335 e. The van der Waals surface area contributed by atoms with Crippen molar-refractivity contribution in [1.29, 1.82) is 0 Å². The molecule has 0 spiro atoms. The maximum atomic E-state index is 12.0. The summed E-state index contributed by atoms with van der Waals surface area (Å²) in [5.41, 5.74) is 1.32. The van der Waals surface area contributed by atoms with Crippen LogP contribution in [0.4, 0.5) is 0 Å². The summed E-state index contributed by atoms with van der Waals surface area (Å²) >= 11 is 0. The molecule has 0 bridgehead atoms. The molecule has 1 aliphatic rings. The van der Waals surface area contributed by atoms with Crippen molar-refractivity contribution in [2.24, 2.45) is 0 Å². The van der Waals surface area contributed by atoms with Gasteiger partial charge >= 0.3 is 0 Å². The molecule has 1 aliphatic heterocycles. The largest absolute Gasteiger partial charge is 0.335 e. The Labute approximate surface area is 97.1 Å². The van der Waals surface area contributed by atoms with Gasteiger partial charge in [0.05, 0.1) is 0 Å². The van der Waals surface area contributed by atoms with Gasteiger partial charge in [-0.1, -0.05) is 6.07 Å². The van der Waals surface area contributed by atoms with Gasteiger partial charge in [-0.05, 0) is 19.1 Å². The highest BCUT2D eigenvalue weighted by atomic mass is 32.2. The summed E-state index contributed by atoms with van der Waals surface area (Å²) in [7, 11) is -0.753. The summed E-state index contributed by atoms with van der Waals surface area (Å²) in [5, 5.41) is 0. The minimum absolute atomic E-state index is 0.0552. The zero-order chi connectivity index (χ0) is 11.5. The van der Waals surface area contributed by atoms with E-state index >= 15 is 0 Å². The molecule has 1 fully saturated rings. The normalized spacial score (nSPS) is 17.4. The van der Waals surface area contributed by atoms with Crippen LogP contribution in [0.5, 0.6) is 0 Å². The van der Waals surface area contributed by atoms with Crippen molar-refractivity contribution in [2.75, 3.05) is 24.6 Å². The second kappa shape index (κ2) is 4.74. The smallest absolute Gasteiger partial charge is 0.272 e. The molecule has 2 heterocycles. The van der Waals surface area contributed by atoms with Gasteiger partial charge in [-0.25, -0.2) is 4.98 Å². The lowest BCUT2D eigenvalue weighted by Crippen LogP contribution is -2.42. The average molecular weight is 238 g/mol. The highest BCUT2D eigenvalue weighted by molar-refractivity contribution is 7.85. The summed E-state index contributed by atoms with van der Waals surface area (Å²) in [6, 6.07) is 5.42. The van der Waals surface area contributed by atoms with Gasteiger partial charge in [0.25, 0.3) is 5.91 Å². The standard InChI is InChI=1S/C11H14N2O2S/c1-9-3-2-4-10(12-9)11(14)13-5-7-16(15)8-6-13/h2-4H,5-8H2,1H3. The van der Waals surface area contributed by atoms with E-state index in [1.807, 2.05) is 19.1 Å². The molecule has 0 aliphatic carbocycles. The summed E-state index contributed by atoms with van der Waals surface area (Å²) in [4.78, 5) is 17.9. The van der Waals surface area contributed by atoms with E-state index in [1.54, 1.807) is 11.0 Å². The minimum atomic E-state index is -0.753. The van der Waals surface area contributed by atoms with Gasteiger partial charge in [0.1, 0.15) is 5.69 Å². The third kappa shape index (κ3) is 2.47. The number of amides is 1. The molecule has 1 saturated heterocycles. The van der Waals surface area contributed by atoms with Gasteiger partial charge in [-0.3, -0.25) is 9.00 Å². The van der Waals surface area contributed by atoms with Gasteiger partial charge in [0, 0.05) is 41.1 Å². The quantitative estimate of drug-likeness (QED) is 0.719. The number of rotatable bonds is 1. The number of nitrogens with zero attached hydrogens (tertiary/aromatic N) is 2. The van der Waals surface area contributed by atoms with Crippen LogP contribution < -0.4 is 0 Å². The fourth-order valence-electron chi connectivity index (χ4n) is 1.67. The first-order valence-corrected chi connectivity index (χ1v) is 6.73. The number of carbonyl (C=O) groups excluding carboxylic acids is 1. The van der Waals surface area contributed by atoms with Crippen molar-refractivity contribution in [2.45, 2.75) is 6.92 Å². The number of aromatic nitrogens is 1. The Bertz CT molecular complexity index is 424. The highest BCUT2D eigenvalue weighted by Gasteiger charge is 2.21. The van der Waals surface area contributed by atoms with Crippen LogP contribution in [-0.2, 0) is 10.8 Å². The Morgan fingerprint density at radius 2 is 2.06 bits per heavy atom. The zero-order valence-electron chi connectivity index (χ0n) is 9.18. The fraction of sp³-hybridized carbons (Fsp3) is 0.455. The Kier molecular flexibility index (Phi) is 3.33. The van der Waals surface area contributed by atoms with Crippen LogP contribution in [0, 0.1) is 6.92 Å². The van der Waals surface area contributed by atoms with Crippen molar-refractivity contribution in [3.63, 3.8) is 0 Å². The van der Waals surface area contributed by atoms with Crippen LogP contribution in [0.1, 0.15) is 16.2 Å². The van der Waals surface area contributed by atoms with E-state index in [-0.39, 0.29) is 5.91 Å². The number of carbonyl (C=O) groups is 1. The third-order valence-electron chi connectivity index (χ3n) is 2.57. The SMILES string of the molecule is Cc1cccc(C(=O)N2CCS(=O)CC2)n1. The molecule has 2 rings (SSSR count). The number of hydrogen-bond acceptors (Lipinski definition) is 3. The molecular weight excluding hydrogens is 224 g/mol. The van der Waals surface area contributed by atoms with Crippen molar-refractivity contribution in [1.82, 2.24) is 9.88 Å². The summed E-state index contributed by atoms with van der Waals surface area (Å²) in [6.07, 6.45) is 0. The average Bonchev–Trinajstić information content (AvgIpc) is 2.29. The molecule has 5 heteroatoms. The molecule has 0 saturated carbocycles. The van der Waals surface area contributed by atoms with Gasteiger partial charge in [0.15, 0.2) is 0 Å². The van der Waals surface area contributed by atoms with Gasteiger partial charge in [-0.15, -0.1) is 0 Å². The van der Waals surface area contributed by atoms with E-state index in [0.29, 0.717) is 30.3 Å². The summed E-state index contributed by atoms with van der Waals surface area (Å²) < 4.78 is 11.2. The van der Waals surface area contributed by atoms with Crippen molar-refractivity contribution >= 4 is 16.7 Å². The second-order valence-electron chi connectivity index (χ2n) is 3.80. The molecule has 1 aromatic heterocycles. The van der Waals surface area contributed by atoms with E-state index in [1.165, 1.54) is 0 Å². The van der Waals surface area contributed by atoms with Crippen LogP contribution in [0.3, 0.4) is 0 Å². The zero-order valence-corrected chi connectivity index (χ0v) is 10.00. The maximum absolute atomic E-state index is 12.0. The van der Waals surface area contributed by atoms with E-state index in [9.17, 15) is 9.00 Å². The molecule has 0 aromatic carbocycles. The molecule has 4 nitrogen and oxygen atoms in total. The van der Waals surface area contributed by atoms with Crippen molar-refractivity contribution < 1.29 is 9.00 Å². The number of hydrogen-bond donors (Lipinski definition) is 0. The van der Waals surface area contributed by atoms with Gasteiger partial charge < -0.3 is 4.90 Å². The summed E-state index contributed by atoms with van der Waals surface area (Å²) in [6.45, 7) is 3.00. The maximum Gasteiger partial charge on any atom is 0.272 e. The molecule has 0 N–H and O–H groups in total. The van der Waals surface area contributed by atoms with E-state index in [4.69, 9.17) is 0 Å². The lowest BCUT2D eigenvalue weighted by molar-refractivity contribution is 0.0765. The first-order valence-electron chi connectivity index (χ1n) is 5.25. The molecule has 1 aromatic rings. The third-order valence-corrected chi connectivity index (χ3v) is 3.85. The fourth-order valence-corrected chi connectivity index (χ4v) is 2.72. The van der Waals surface area contributed by atoms with Crippen LogP contribution in [0.15, 0.2) is 18.2 Å². The predicted molar refractivity (Wildman–Crippen MR) is 62.8 cm³/mol. The molecule has 0 unspecified atom stereocenters. The Hall–Kier alpha value is -1.23. The van der Waals surface area contributed by atoms with Crippen molar-refractivity contribution in [3.8, 4) is 0 Å². The first-order chi connectivity index (χ1) is 7.66. The van der Waals surface area contributed by atoms with E-state index in [2.05, 4.69) is 4.98 Å². The molecule has 0 atom stereocenters. The number of pyridine rings is 1. The lowest BCUT2D eigenvalue weighted by atomic mass is 10.3. The van der Waals surface area contributed by atoms with Gasteiger partial charge in [0.2, 0.25) is 0 Å². The second-order valence-corrected chi connectivity index (χ2v) is 5.50. The lowest BCUT2D eigenvalue weighted by Gasteiger charge is -2.25. The van der Waals surface area contributed by atoms with E-state index in [0.717, 1.165) is 5.69 Å². The Morgan fingerprint density at radius 1 is 1.38 bits per heavy atom. The summed E-state index contributed by atoms with van der Waals surface area (Å²) in [5.74, 6) is 1.11.